The number of carbonyl (C=O) groups is 1. The highest BCUT2D eigenvalue weighted by atomic mass is 16.5. The molecule has 0 atom stereocenters. The number of benzene rings is 2. The SMILES string of the molecule is COc1ccc(NC(=O)NCCCN2CCN(c3cc(OC)ccc3OC)CC2)cc1. The molecule has 1 heterocycles. The Bertz CT molecular complexity index is 836. The summed E-state index contributed by atoms with van der Waals surface area (Å²) in [7, 11) is 4.98. The fourth-order valence-corrected chi connectivity index (χ4v) is 3.61. The average Bonchev–Trinajstić information content (AvgIpc) is 2.82. The first kappa shape index (κ1) is 22.6. The van der Waals surface area contributed by atoms with Crippen molar-refractivity contribution >= 4 is 17.4 Å². The van der Waals surface area contributed by atoms with Crippen LogP contribution in [0.25, 0.3) is 0 Å². The molecule has 168 valence electrons. The van der Waals surface area contributed by atoms with Gasteiger partial charge in [0.25, 0.3) is 0 Å². The molecule has 0 radical (unpaired) electrons. The highest BCUT2D eigenvalue weighted by Crippen LogP contribution is 2.32. The van der Waals surface area contributed by atoms with E-state index in [9.17, 15) is 4.79 Å². The summed E-state index contributed by atoms with van der Waals surface area (Å²) in [4.78, 5) is 16.8. The summed E-state index contributed by atoms with van der Waals surface area (Å²) in [6, 6.07) is 13.0. The molecule has 0 spiro atoms. The third kappa shape index (κ3) is 6.42. The number of carbonyl (C=O) groups excluding carboxylic acids is 1. The fourth-order valence-electron chi connectivity index (χ4n) is 3.61. The maximum absolute atomic E-state index is 12.0. The summed E-state index contributed by atoms with van der Waals surface area (Å²) in [5.74, 6) is 2.45. The van der Waals surface area contributed by atoms with Gasteiger partial charge in [-0.1, -0.05) is 0 Å². The van der Waals surface area contributed by atoms with E-state index >= 15 is 0 Å². The number of anilines is 2. The first-order valence-corrected chi connectivity index (χ1v) is 10.5. The van der Waals surface area contributed by atoms with Gasteiger partial charge in [0.2, 0.25) is 0 Å². The Kier molecular flexibility index (Phi) is 8.23. The standard InChI is InChI=1S/C23H32N4O4/c1-29-19-7-5-18(6-8-19)25-23(28)24-11-4-12-26-13-15-27(16-14-26)21-17-20(30-2)9-10-22(21)31-3/h5-10,17H,4,11-16H2,1-3H3,(H2,24,25,28). The van der Waals surface area contributed by atoms with E-state index in [1.165, 1.54) is 0 Å². The lowest BCUT2D eigenvalue weighted by atomic mass is 10.2. The average molecular weight is 429 g/mol. The molecule has 8 nitrogen and oxygen atoms in total. The monoisotopic (exact) mass is 428 g/mol. The van der Waals surface area contributed by atoms with Gasteiger partial charge in [0.05, 0.1) is 27.0 Å². The molecule has 1 saturated heterocycles. The molecule has 0 aromatic heterocycles. The summed E-state index contributed by atoms with van der Waals surface area (Å²) in [5, 5.41) is 5.74. The van der Waals surface area contributed by atoms with Crippen LogP contribution in [0.3, 0.4) is 0 Å². The summed E-state index contributed by atoms with van der Waals surface area (Å²) in [6.45, 7) is 5.37. The molecule has 1 aliphatic rings. The number of nitrogens with one attached hydrogen (secondary N) is 2. The van der Waals surface area contributed by atoms with Crippen LogP contribution >= 0.6 is 0 Å². The van der Waals surface area contributed by atoms with Crippen molar-refractivity contribution in [3.63, 3.8) is 0 Å². The van der Waals surface area contributed by atoms with Gasteiger partial charge < -0.3 is 29.7 Å². The Morgan fingerprint density at radius 2 is 1.58 bits per heavy atom. The van der Waals surface area contributed by atoms with Gasteiger partial charge in [-0.15, -0.1) is 0 Å². The Labute approximate surface area is 184 Å². The van der Waals surface area contributed by atoms with E-state index < -0.39 is 0 Å². The molecular weight excluding hydrogens is 396 g/mol. The van der Waals surface area contributed by atoms with E-state index in [0.29, 0.717) is 6.54 Å². The van der Waals surface area contributed by atoms with Gasteiger partial charge in [-0.2, -0.15) is 0 Å². The number of ether oxygens (including phenoxy) is 3. The summed E-state index contributed by atoms with van der Waals surface area (Å²) < 4.78 is 16.0. The molecule has 0 bridgehead atoms. The highest BCUT2D eigenvalue weighted by Gasteiger charge is 2.20. The molecule has 2 amide bonds. The van der Waals surface area contributed by atoms with Crippen molar-refractivity contribution in [1.82, 2.24) is 10.2 Å². The van der Waals surface area contributed by atoms with Crippen molar-refractivity contribution in [2.45, 2.75) is 6.42 Å². The number of methoxy groups -OCH3 is 3. The van der Waals surface area contributed by atoms with Crippen LogP contribution in [0.1, 0.15) is 6.42 Å². The molecule has 0 saturated carbocycles. The maximum atomic E-state index is 12.0. The first-order valence-electron chi connectivity index (χ1n) is 10.5. The van der Waals surface area contributed by atoms with E-state index in [1.54, 1.807) is 21.3 Å². The Hall–Kier alpha value is -3.13. The Morgan fingerprint density at radius 3 is 2.23 bits per heavy atom. The molecule has 0 aliphatic carbocycles. The molecule has 8 heteroatoms. The van der Waals surface area contributed by atoms with Crippen molar-refractivity contribution in [3.05, 3.63) is 42.5 Å². The second-order valence-electron chi connectivity index (χ2n) is 7.33. The minimum atomic E-state index is -0.194. The number of amides is 2. The Morgan fingerprint density at radius 1 is 0.903 bits per heavy atom. The van der Waals surface area contributed by atoms with Gasteiger partial charge >= 0.3 is 6.03 Å². The molecule has 2 N–H and O–H groups in total. The van der Waals surface area contributed by atoms with Crippen molar-refractivity contribution in [2.24, 2.45) is 0 Å². The smallest absolute Gasteiger partial charge is 0.319 e. The first-order chi connectivity index (χ1) is 15.1. The molecule has 2 aromatic rings. The zero-order valence-electron chi connectivity index (χ0n) is 18.5. The number of piperazine rings is 1. The molecular formula is C23H32N4O4. The number of urea groups is 1. The molecule has 3 rings (SSSR count). The molecule has 2 aromatic carbocycles. The van der Waals surface area contributed by atoms with E-state index in [1.807, 2.05) is 42.5 Å². The Balaban J connectivity index is 1.36. The minimum absolute atomic E-state index is 0.194. The lowest BCUT2D eigenvalue weighted by molar-refractivity contribution is 0.244. The number of hydrogen-bond acceptors (Lipinski definition) is 6. The van der Waals surface area contributed by atoms with Gasteiger partial charge in [-0.05, 0) is 49.4 Å². The van der Waals surface area contributed by atoms with Crippen LogP contribution in [0.2, 0.25) is 0 Å². The predicted octanol–water partition coefficient (Wildman–Crippen LogP) is 3.05. The van der Waals surface area contributed by atoms with Gasteiger partial charge in [0, 0.05) is 44.5 Å². The molecule has 31 heavy (non-hydrogen) atoms. The summed E-state index contributed by atoms with van der Waals surface area (Å²) in [5.41, 5.74) is 1.81. The van der Waals surface area contributed by atoms with E-state index in [-0.39, 0.29) is 6.03 Å². The highest BCUT2D eigenvalue weighted by molar-refractivity contribution is 5.89. The molecule has 1 aliphatic heterocycles. The zero-order chi connectivity index (χ0) is 22.1. The van der Waals surface area contributed by atoms with Gasteiger partial charge in [-0.25, -0.2) is 4.79 Å². The second kappa shape index (κ2) is 11.3. The summed E-state index contributed by atoms with van der Waals surface area (Å²) in [6.07, 6.45) is 0.901. The van der Waals surface area contributed by atoms with Crippen LogP contribution < -0.4 is 29.7 Å². The van der Waals surface area contributed by atoms with Crippen molar-refractivity contribution in [3.8, 4) is 17.2 Å². The maximum Gasteiger partial charge on any atom is 0.319 e. The van der Waals surface area contributed by atoms with Crippen LogP contribution in [-0.2, 0) is 0 Å². The fraction of sp³-hybridized carbons (Fsp3) is 0.435. The van der Waals surface area contributed by atoms with Gasteiger partial charge in [-0.3, -0.25) is 4.90 Å². The van der Waals surface area contributed by atoms with Crippen molar-refractivity contribution in [1.29, 1.82) is 0 Å². The van der Waals surface area contributed by atoms with Gasteiger partial charge in [0.1, 0.15) is 17.2 Å². The van der Waals surface area contributed by atoms with Crippen LogP contribution in [0.4, 0.5) is 16.2 Å². The van der Waals surface area contributed by atoms with Crippen molar-refractivity contribution < 1.29 is 19.0 Å². The van der Waals surface area contributed by atoms with E-state index in [0.717, 1.165) is 67.8 Å². The normalized spacial score (nSPS) is 14.1. The summed E-state index contributed by atoms with van der Waals surface area (Å²) >= 11 is 0. The van der Waals surface area contributed by atoms with Crippen molar-refractivity contribution in [2.75, 3.05) is 70.8 Å². The topological polar surface area (TPSA) is 75.3 Å². The largest absolute Gasteiger partial charge is 0.497 e. The number of rotatable bonds is 9. The van der Waals surface area contributed by atoms with Gasteiger partial charge in [0.15, 0.2) is 0 Å². The van der Waals surface area contributed by atoms with Crippen LogP contribution in [0, 0.1) is 0 Å². The third-order valence-electron chi connectivity index (χ3n) is 5.38. The zero-order valence-corrected chi connectivity index (χ0v) is 18.5. The minimum Gasteiger partial charge on any atom is -0.497 e. The van der Waals surface area contributed by atoms with Crippen LogP contribution in [0.5, 0.6) is 17.2 Å². The lowest BCUT2D eigenvalue weighted by Crippen LogP contribution is -2.47. The molecule has 1 fully saturated rings. The lowest BCUT2D eigenvalue weighted by Gasteiger charge is -2.36. The number of hydrogen-bond donors (Lipinski definition) is 2. The third-order valence-corrected chi connectivity index (χ3v) is 5.38. The molecule has 0 unspecified atom stereocenters. The van der Waals surface area contributed by atoms with Crippen LogP contribution in [-0.4, -0.2) is 71.5 Å². The van der Waals surface area contributed by atoms with E-state index in [4.69, 9.17) is 14.2 Å². The van der Waals surface area contributed by atoms with Crippen LogP contribution in [0.15, 0.2) is 42.5 Å². The second-order valence-corrected chi connectivity index (χ2v) is 7.33. The quantitative estimate of drug-likeness (QED) is 0.598. The number of nitrogens with zero attached hydrogens (tertiary/aromatic N) is 2. The van der Waals surface area contributed by atoms with E-state index in [2.05, 4.69) is 20.4 Å². The predicted molar refractivity (Wildman–Crippen MR) is 123 cm³/mol.